The summed E-state index contributed by atoms with van der Waals surface area (Å²) < 4.78 is 16.2. The van der Waals surface area contributed by atoms with Gasteiger partial charge in [-0.15, -0.1) is 0 Å². The van der Waals surface area contributed by atoms with Gasteiger partial charge in [-0.2, -0.15) is 0 Å². The first-order chi connectivity index (χ1) is 10.8. The lowest BCUT2D eigenvalue weighted by Crippen LogP contribution is -2.03. The summed E-state index contributed by atoms with van der Waals surface area (Å²) in [7, 11) is 1.32. The van der Waals surface area contributed by atoms with Crippen LogP contribution in [0.1, 0.15) is 17.5 Å². The van der Waals surface area contributed by atoms with Crippen molar-refractivity contribution in [3.8, 4) is 16.9 Å². The summed E-state index contributed by atoms with van der Waals surface area (Å²) >= 11 is 0. The van der Waals surface area contributed by atoms with Gasteiger partial charge in [-0.3, -0.25) is 0 Å². The molecule has 0 saturated carbocycles. The predicted octanol–water partition coefficient (Wildman–Crippen LogP) is 4.29. The Kier molecular flexibility index (Phi) is 3.83. The molecule has 4 nitrogen and oxygen atoms in total. The van der Waals surface area contributed by atoms with Crippen LogP contribution in [-0.4, -0.2) is 19.7 Å². The molecule has 0 amide bonds. The van der Waals surface area contributed by atoms with Crippen LogP contribution in [0.5, 0.6) is 5.75 Å². The minimum atomic E-state index is -0.543. The summed E-state index contributed by atoms with van der Waals surface area (Å²) in [5, 5.41) is 0.767. The van der Waals surface area contributed by atoms with E-state index in [2.05, 4.69) is 0 Å². The number of rotatable bonds is 4. The van der Waals surface area contributed by atoms with E-state index in [0.717, 1.165) is 16.5 Å². The van der Waals surface area contributed by atoms with Gasteiger partial charge in [0.15, 0.2) is 5.75 Å². The summed E-state index contributed by atoms with van der Waals surface area (Å²) in [4.78, 5) is 11.9. The van der Waals surface area contributed by atoms with Crippen LogP contribution in [0.15, 0.2) is 52.9 Å². The molecule has 0 bridgehead atoms. The molecule has 0 fully saturated rings. The number of para-hydroxylation sites is 1. The summed E-state index contributed by atoms with van der Waals surface area (Å²) in [5.74, 6) is -0.0106. The summed E-state index contributed by atoms with van der Waals surface area (Å²) in [6.07, 6.45) is 0. The zero-order valence-corrected chi connectivity index (χ0v) is 12.5. The maximum absolute atomic E-state index is 11.9. The minimum absolute atomic E-state index is 0.0998. The van der Waals surface area contributed by atoms with E-state index in [-0.39, 0.29) is 5.76 Å². The van der Waals surface area contributed by atoms with Crippen LogP contribution in [0.2, 0.25) is 0 Å². The number of methoxy groups -OCH3 is 1. The number of fused-ring (bicyclic) bond motifs is 1. The number of esters is 1. The van der Waals surface area contributed by atoms with E-state index in [4.69, 9.17) is 13.9 Å². The molecule has 3 aromatic rings. The van der Waals surface area contributed by atoms with Crippen molar-refractivity contribution in [3.05, 3.63) is 54.3 Å². The number of hydrogen-bond acceptors (Lipinski definition) is 4. The topological polar surface area (TPSA) is 48.7 Å². The molecule has 0 aliphatic heterocycles. The van der Waals surface area contributed by atoms with Gasteiger partial charge in [-0.1, -0.05) is 42.5 Å². The van der Waals surface area contributed by atoms with E-state index in [1.807, 2.05) is 55.5 Å². The monoisotopic (exact) mass is 296 g/mol. The number of carbonyl (C=O) groups is 1. The number of carbonyl (C=O) groups excluding carboxylic acids is 1. The average Bonchev–Trinajstić information content (AvgIpc) is 2.94. The van der Waals surface area contributed by atoms with E-state index < -0.39 is 5.97 Å². The number of furan rings is 1. The largest absolute Gasteiger partial charge is 0.489 e. The lowest BCUT2D eigenvalue weighted by Gasteiger charge is -2.03. The highest BCUT2D eigenvalue weighted by Gasteiger charge is 2.24. The predicted molar refractivity (Wildman–Crippen MR) is 84.2 cm³/mol. The molecule has 0 unspecified atom stereocenters. The SMILES string of the molecule is CCOc1c(C(=O)OC)oc2c(-c3ccccc3)cccc12. The molecule has 0 aliphatic rings. The lowest BCUT2D eigenvalue weighted by molar-refractivity contribution is 0.0562. The van der Waals surface area contributed by atoms with Crippen molar-refractivity contribution in [2.75, 3.05) is 13.7 Å². The highest BCUT2D eigenvalue weighted by Crippen LogP contribution is 2.39. The molecule has 112 valence electrons. The first-order valence-electron chi connectivity index (χ1n) is 7.08. The van der Waals surface area contributed by atoms with Crippen LogP contribution < -0.4 is 4.74 Å². The molecule has 2 aromatic carbocycles. The van der Waals surface area contributed by atoms with Crippen LogP contribution in [0.25, 0.3) is 22.1 Å². The van der Waals surface area contributed by atoms with Gasteiger partial charge in [0, 0.05) is 5.56 Å². The van der Waals surface area contributed by atoms with Crippen molar-refractivity contribution < 1.29 is 18.7 Å². The Labute approximate surface area is 128 Å². The maximum atomic E-state index is 11.9. The van der Waals surface area contributed by atoms with E-state index in [1.165, 1.54) is 7.11 Å². The van der Waals surface area contributed by atoms with Crippen molar-refractivity contribution in [1.82, 2.24) is 0 Å². The third-order valence-electron chi connectivity index (χ3n) is 3.41. The molecule has 1 heterocycles. The highest BCUT2D eigenvalue weighted by molar-refractivity contribution is 6.03. The van der Waals surface area contributed by atoms with E-state index >= 15 is 0 Å². The highest BCUT2D eigenvalue weighted by atomic mass is 16.5. The van der Waals surface area contributed by atoms with Crippen molar-refractivity contribution in [3.63, 3.8) is 0 Å². The van der Waals surface area contributed by atoms with Crippen molar-refractivity contribution in [1.29, 1.82) is 0 Å². The molecule has 0 saturated heterocycles. The van der Waals surface area contributed by atoms with E-state index in [0.29, 0.717) is 17.9 Å². The van der Waals surface area contributed by atoms with E-state index in [9.17, 15) is 4.79 Å². The van der Waals surface area contributed by atoms with Gasteiger partial charge < -0.3 is 13.9 Å². The van der Waals surface area contributed by atoms with Crippen LogP contribution >= 0.6 is 0 Å². The Morgan fingerprint density at radius 1 is 1.09 bits per heavy atom. The second-order valence-corrected chi connectivity index (χ2v) is 4.73. The zero-order valence-electron chi connectivity index (χ0n) is 12.5. The summed E-state index contributed by atoms with van der Waals surface area (Å²) in [6.45, 7) is 2.30. The first-order valence-corrected chi connectivity index (χ1v) is 7.08. The van der Waals surface area contributed by atoms with Gasteiger partial charge in [0.1, 0.15) is 5.58 Å². The fourth-order valence-electron chi connectivity index (χ4n) is 2.46. The molecule has 0 radical (unpaired) electrons. The molecule has 22 heavy (non-hydrogen) atoms. The smallest absolute Gasteiger partial charge is 0.377 e. The Morgan fingerprint density at radius 2 is 1.86 bits per heavy atom. The first kappa shape index (κ1) is 14.2. The second kappa shape index (κ2) is 5.93. The average molecular weight is 296 g/mol. The van der Waals surface area contributed by atoms with Gasteiger partial charge in [-0.25, -0.2) is 4.79 Å². The van der Waals surface area contributed by atoms with E-state index in [1.54, 1.807) is 0 Å². The molecule has 3 rings (SSSR count). The van der Waals surface area contributed by atoms with Gasteiger partial charge in [-0.05, 0) is 18.6 Å². The summed E-state index contributed by atoms with van der Waals surface area (Å²) in [5.41, 5.74) is 2.55. The number of ether oxygens (including phenoxy) is 2. The van der Waals surface area contributed by atoms with Crippen molar-refractivity contribution in [2.24, 2.45) is 0 Å². The number of benzene rings is 2. The normalized spacial score (nSPS) is 10.6. The lowest BCUT2D eigenvalue weighted by atomic mass is 10.0. The standard InChI is InChI=1S/C18H16O4/c1-3-21-16-14-11-7-10-13(12-8-5-4-6-9-12)15(14)22-17(16)18(19)20-2/h4-11H,3H2,1-2H3. The molecule has 0 spiro atoms. The van der Waals surface area contributed by atoms with Gasteiger partial charge in [0.05, 0.1) is 19.1 Å². The fourth-order valence-corrected chi connectivity index (χ4v) is 2.46. The van der Waals surface area contributed by atoms with Crippen LogP contribution in [0.4, 0.5) is 0 Å². The van der Waals surface area contributed by atoms with Gasteiger partial charge in [0.25, 0.3) is 5.76 Å². The number of hydrogen-bond donors (Lipinski definition) is 0. The molecule has 4 heteroatoms. The van der Waals surface area contributed by atoms with Crippen LogP contribution in [0.3, 0.4) is 0 Å². The van der Waals surface area contributed by atoms with Crippen LogP contribution in [0, 0.1) is 0 Å². The summed E-state index contributed by atoms with van der Waals surface area (Å²) in [6, 6.07) is 15.6. The van der Waals surface area contributed by atoms with Crippen molar-refractivity contribution in [2.45, 2.75) is 6.92 Å². The minimum Gasteiger partial charge on any atom is -0.489 e. The molecule has 0 aliphatic carbocycles. The quantitative estimate of drug-likeness (QED) is 0.674. The zero-order chi connectivity index (χ0) is 15.5. The molecule has 1 aromatic heterocycles. The second-order valence-electron chi connectivity index (χ2n) is 4.73. The Bertz CT molecular complexity index is 803. The van der Waals surface area contributed by atoms with Gasteiger partial charge >= 0.3 is 5.97 Å². The van der Waals surface area contributed by atoms with Gasteiger partial charge in [0.2, 0.25) is 0 Å². The molecule has 0 atom stereocenters. The fraction of sp³-hybridized carbons (Fsp3) is 0.167. The molecule has 0 N–H and O–H groups in total. The Hall–Kier alpha value is -2.75. The molecular weight excluding hydrogens is 280 g/mol. The third-order valence-corrected chi connectivity index (χ3v) is 3.41. The van der Waals surface area contributed by atoms with Crippen molar-refractivity contribution >= 4 is 16.9 Å². The van der Waals surface area contributed by atoms with Crippen LogP contribution in [-0.2, 0) is 4.74 Å². The maximum Gasteiger partial charge on any atom is 0.377 e. The Balaban J connectivity index is 2.27. The molecular formula is C18H16O4. The third kappa shape index (κ3) is 2.33. The Morgan fingerprint density at radius 3 is 2.55 bits per heavy atom.